The van der Waals surface area contributed by atoms with Crippen LogP contribution in [0.5, 0.6) is 0 Å². The molecular weight excluding hydrogens is 340 g/mol. The minimum absolute atomic E-state index is 0.0556. The highest BCUT2D eigenvalue weighted by Crippen LogP contribution is 2.30. The summed E-state index contributed by atoms with van der Waals surface area (Å²) in [4.78, 5) is 37.7. The lowest BCUT2D eigenvalue weighted by atomic mass is 9.79. The Morgan fingerprint density at radius 2 is 1.88 bits per heavy atom. The van der Waals surface area contributed by atoms with Crippen molar-refractivity contribution in [1.82, 2.24) is 10.2 Å². The number of carbonyl (C=O) groups is 3. The van der Waals surface area contributed by atoms with E-state index in [1.807, 2.05) is 27.7 Å². The van der Waals surface area contributed by atoms with Crippen molar-refractivity contribution in [2.75, 3.05) is 13.2 Å². The van der Waals surface area contributed by atoms with E-state index in [0.717, 1.165) is 0 Å². The summed E-state index contributed by atoms with van der Waals surface area (Å²) in [6, 6.07) is -1.32. The number of morpholine rings is 1. The van der Waals surface area contributed by atoms with Crippen LogP contribution in [-0.2, 0) is 19.1 Å². The highest BCUT2D eigenvalue weighted by atomic mass is 16.6. The van der Waals surface area contributed by atoms with Crippen molar-refractivity contribution in [2.45, 2.75) is 78.7 Å². The van der Waals surface area contributed by atoms with Crippen LogP contribution in [0.2, 0.25) is 0 Å². The fraction of sp³-hybridized carbons (Fsp3) is 0.833. The van der Waals surface area contributed by atoms with E-state index in [1.165, 1.54) is 0 Å². The second-order valence-corrected chi connectivity index (χ2v) is 8.83. The van der Waals surface area contributed by atoms with E-state index in [0.29, 0.717) is 6.54 Å². The van der Waals surface area contributed by atoms with Gasteiger partial charge in [0.15, 0.2) is 0 Å². The molecule has 1 rings (SSSR count). The van der Waals surface area contributed by atoms with Crippen LogP contribution >= 0.6 is 0 Å². The summed E-state index contributed by atoms with van der Waals surface area (Å²) >= 11 is 0. The van der Waals surface area contributed by atoms with Crippen LogP contribution in [0.15, 0.2) is 0 Å². The summed E-state index contributed by atoms with van der Waals surface area (Å²) in [5.74, 6) is -1.28. The van der Waals surface area contributed by atoms with Gasteiger partial charge in [-0.05, 0) is 33.1 Å². The Bertz CT molecular complexity index is 535. The summed E-state index contributed by atoms with van der Waals surface area (Å²) in [7, 11) is 0. The standard InChI is InChI=1S/C18H32N2O6/c1-11-9-20(13(21)10-25-11)15(17(2,3)4)12(8-14(22)23)19-16(24)26-18(5,6)7/h11-12,15H,8-10H2,1-7H3,(H,19,24)(H,22,23)/t11-,12-,15?/m0/s1. The topological polar surface area (TPSA) is 105 Å². The molecule has 26 heavy (non-hydrogen) atoms. The smallest absolute Gasteiger partial charge is 0.407 e. The first-order valence-electron chi connectivity index (χ1n) is 8.83. The monoisotopic (exact) mass is 372 g/mol. The Morgan fingerprint density at radius 1 is 1.31 bits per heavy atom. The van der Waals surface area contributed by atoms with Gasteiger partial charge in [0.05, 0.1) is 24.6 Å². The molecule has 1 unspecified atom stereocenters. The first-order chi connectivity index (χ1) is 11.7. The molecule has 1 saturated heterocycles. The van der Waals surface area contributed by atoms with E-state index in [-0.39, 0.29) is 25.0 Å². The average Bonchev–Trinajstić information content (AvgIpc) is 2.38. The maximum absolute atomic E-state index is 12.4. The van der Waals surface area contributed by atoms with Crippen molar-refractivity contribution in [1.29, 1.82) is 0 Å². The number of hydrogen-bond acceptors (Lipinski definition) is 5. The number of hydrogen-bond donors (Lipinski definition) is 2. The van der Waals surface area contributed by atoms with Gasteiger partial charge in [0, 0.05) is 6.54 Å². The van der Waals surface area contributed by atoms with Gasteiger partial charge in [-0.1, -0.05) is 20.8 Å². The Morgan fingerprint density at radius 3 is 2.35 bits per heavy atom. The Hall–Kier alpha value is -1.83. The third-order valence-electron chi connectivity index (χ3n) is 3.97. The van der Waals surface area contributed by atoms with Crippen molar-refractivity contribution >= 4 is 18.0 Å². The average molecular weight is 372 g/mol. The highest BCUT2D eigenvalue weighted by Gasteiger charge is 2.43. The van der Waals surface area contributed by atoms with Crippen molar-refractivity contribution in [3.63, 3.8) is 0 Å². The SMILES string of the molecule is C[C@H]1CN(C([C@H](CC(=O)O)NC(=O)OC(C)(C)C)C(C)(C)C)C(=O)CO1. The number of nitrogens with one attached hydrogen (secondary N) is 1. The molecule has 0 aromatic heterocycles. The predicted molar refractivity (Wildman–Crippen MR) is 95.8 cm³/mol. The zero-order chi connectivity index (χ0) is 20.3. The zero-order valence-electron chi connectivity index (χ0n) is 16.8. The molecule has 1 aliphatic rings. The molecule has 2 amide bonds. The molecule has 0 bridgehead atoms. The van der Waals surface area contributed by atoms with Gasteiger partial charge in [-0.2, -0.15) is 0 Å². The summed E-state index contributed by atoms with van der Waals surface area (Å²) in [5, 5.41) is 12.0. The molecule has 8 heteroatoms. The van der Waals surface area contributed by atoms with Crippen LogP contribution < -0.4 is 5.32 Å². The summed E-state index contributed by atoms with van der Waals surface area (Å²) < 4.78 is 10.6. The second-order valence-electron chi connectivity index (χ2n) is 8.83. The van der Waals surface area contributed by atoms with E-state index in [4.69, 9.17) is 9.47 Å². The predicted octanol–water partition coefficient (Wildman–Crippen LogP) is 2.02. The lowest BCUT2D eigenvalue weighted by Gasteiger charge is -2.47. The van der Waals surface area contributed by atoms with Crippen molar-refractivity contribution in [3.8, 4) is 0 Å². The first-order valence-corrected chi connectivity index (χ1v) is 8.83. The van der Waals surface area contributed by atoms with E-state index in [9.17, 15) is 19.5 Å². The minimum Gasteiger partial charge on any atom is -0.481 e. The maximum Gasteiger partial charge on any atom is 0.407 e. The van der Waals surface area contributed by atoms with E-state index in [2.05, 4.69) is 5.32 Å². The number of nitrogens with zero attached hydrogens (tertiary/aromatic N) is 1. The molecule has 3 atom stereocenters. The maximum atomic E-state index is 12.4. The molecular formula is C18H32N2O6. The van der Waals surface area contributed by atoms with Gasteiger partial charge in [0.1, 0.15) is 12.2 Å². The number of carboxylic acids is 1. The van der Waals surface area contributed by atoms with Crippen molar-refractivity contribution < 1.29 is 29.0 Å². The van der Waals surface area contributed by atoms with Crippen molar-refractivity contribution in [2.24, 2.45) is 5.41 Å². The molecule has 0 aliphatic carbocycles. The van der Waals surface area contributed by atoms with Crippen molar-refractivity contribution in [3.05, 3.63) is 0 Å². The molecule has 0 spiro atoms. The summed E-state index contributed by atoms with van der Waals surface area (Å²) in [5.41, 5.74) is -1.18. The van der Waals surface area contributed by atoms with Crippen LogP contribution in [0.1, 0.15) is 54.9 Å². The zero-order valence-corrected chi connectivity index (χ0v) is 16.8. The fourth-order valence-electron chi connectivity index (χ4n) is 3.17. The normalized spacial score (nSPS) is 21.1. The first kappa shape index (κ1) is 22.2. The Kier molecular flexibility index (Phi) is 7.04. The number of rotatable bonds is 5. The van der Waals surface area contributed by atoms with Crippen LogP contribution in [0, 0.1) is 5.41 Å². The fourth-order valence-corrected chi connectivity index (χ4v) is 3.17. The number of carboxylic acid groups (broad SMARTS) is 1. The molecule has 0 saturated carbocycles. The minimum atomic E-state index is -1.06. The van der Waals surface area contributed by atoms with E-state index < -0.39 is 35.2 Å². The highest BCUT2D eigenvalue weighted by molar-refractivity contribution is 5.79. The molecule has 1 heterocycles. The number of carbonyl (C=O) groups excluding carboxylic acids is 2. The van der Waals surface area contributed by atoms with Crippen LogP contribution in [0.25, 0.3) is 0 Å². The molecule has 1 fully saturated rings. The van der Waals surface area contributed by atoms with Gasteiger partial charge < -0.3 is 24.8 Å². The molecule has 0 aromatic carbocycles. The van der Waals surface area contributed by atoms with E-state index >= 15 is 0 Å². The van der Waals surface area contributed by atoms with Gasteiger partial charge in [-0.15, -0.1) is 0 Å². The largest absolute Gasteiger partial charge is 0.481 e. The molecule has 0 radical (unpaired) electrons. The van der Waals surface area contributed by atoms with Crippen LogP contribution in [0.3, 0.4) is 0 Å². The van der Waals surface area contributed by atoms with Gasteiger partial charge in [0.2, 0.25) is 5.91 Å². The molecule has 0 aromatic rings. The second kappa shape index (κ2) is 8.24. The third-order valence-corrected chi connectivity index (χ3v) is 3.97. The van der Waals surface area contributed by atoms with Gasteiger partial charge >= 0.3 is 12.1 Å². The van der Waals surface area contributed by atoms with Crippen LogP contribution in [-0.4, -0.2) is 64.9 Å². The number of amides is 2. The van der Waals surface area contributed by atoms with Crippen LogP contribution in [0.4, 0.5) is 4.79 Å². The number of ether oxygens (including phenoxy) is 2. The number of aliphatic carboxylic acids is 1. The van der Waals surface area contributed by atoms with E-state index in [1.54, 1.807) is 25.7 Å². The summed E-state index contributed by atoms with van der Waals surface area (Å²) in [6.07, 6.45) is -1.18. The third kappa shape index (κ3) is 6.82. The number of alkyl carbamates (subject to hydrolysis) is 1. The summed E-state index contributed by atoms with van der Waals surface area (Å²) in [6.45, 7) is 13.1. The Balaban J connectivity index is 3.15. The molecule has 1 aliphatic heterocycles. The molecule has 8 nitrogen and oxygen atoms in total. The Labute approximate surface area is 155 Å². The quantitative estimate of drug-likeness (QED) is 0.765. The lowest BCUT2D eigenvalue weighted by molar-refractivity contribution is -0.157. The van der Waals surface area contributed by atoms with Gasteiger partial charge in [0.25, 0.3) is 0 Å². The lowest BCUT2D eigenvalue weighted by Crippen LogP contribution is -2.63. The molecule has 150 valence electrons. The molecule has 2 N–H and O–H groups in total. The van der Waals surface area contributed by atoms with Gasteiger partial charge in [-0.25, -0.2) is 4.79 Å². The van der Waals surface area contributed by atoms with Gasteiger partial charge in [-0.3, -0.25) is 9.59 Å².